The molecule has 21 heavy (non-hydrogen) atoms. The Morgan fingerprint density at radius 1 is 1.48 bits per heavy atom. The molecule has 1 saturated heterocycles. The summed E-state index contributed by atoms with van der Waals surface area (Å²) in [5.74, 6) is 0.600. The van der Waals surface area contributed by atoms with Gasteiger partial charge in [-0.3, -0.25) is 4.79 Å². The molecule has 0 bridgehead atoms. The van der Waals surface area contributed by atoms with E-state index in [0.29, 0.717) is 11.3 Å². The van der Waals surface area contributed by atoms with Crippen molar-refractivity contribution < 1.29 is 14.7 Å². The number of hydrogen-bond acceptors (Lipinski definition) is 5. The fraction of sp³-hybridized carbons (Fsp3) is 0.500. The number of nitrogens with zero attached hydrogens (tertiary/aromatic N) is 1. The number of aldehydes is 1. The van der Waals surface area contributed by atoms with Crippen LogP contribution in [0.25, 0.3) is 0 Å². The van der Waals surface area contributed by atoms with Crippen LogP contribution in [0.3, 0.4) is 0 Å². The molecule has 1 aromatic carbocycles. The minimum Gasteiger partial charge on any atom is -0.392 e. The Hall–Kier alpha value is -1.17. The highest BCUT2D eigenvalue weighted by Crippen LogP contribution is 2.22. The number of thiol groups is 1. The zero-order valence-corrected chi connectivity index (χ0v) is 13.3. The molecule has 1 atom stereocenters. The predicted octanol–water partition coefficient (Wildman–Crippen LogP) is 1.82. The van der Waals surface area contributed by atoms with E-state index in [2.05, 4.69) is 24.6 Å². The van der Waals surface area contributed by atoms with E-state index in [1.807, 2.05) is 24.3 Å². The number of rotatable bonds is 4. The standard InChI is InChI=1S/C14H19NO2.C2H4OS/c1-15-8-4-6-11(9-15)14(17)13-7-3-2-5-12(13)10-16;3-1-2-4/h2-3,5,7,11,16H,4,6,8-10H2,1H3;1,4H,2H2. The van der Waals surface area contributed by atoms with Crippen molar-refractivity contribution in [2.45, 2.75) is 19.4 Å². The van der Waals surface area contributed by atoms with Gasteiger partial charge in [-0.15, -0.1) is 0 Å². The van der Waals surface area contributed by atoms with Crippen LogP contribution in [-0.4, -0.2) is 48.0 Å². The molecular weight excluding hydrogens is 286 g/mol. The van der Waals surface area contributed by atoms with Crippen LogP contribution in [0.5, 0.6) is 0 Å². The van der Waals surface area contributed by atoms with E-state index in [9.17, 15) is 9.90 Å². The lowest BCUT2D eigenvalue weighted by Gasteiger charge is -2.29. The second-order valence-electron chi connectivity index (χ2n) is 5.13. The Balaban J connectivity index is 0.000000491. The van der Waals surface area contributed by atoms with Gasteiger partial charge in [0, 0.05) is 23.8 Å². The van der Waals surface area contributed by atoms with Gasteiger partial charge < -0.3 is 14.8 Å². The van der Waals surface area contributed by atoms with Crippen molar-refractivity contribution in [2.24, 2.45) is 5.92 Å². The van der Waals surface area contributed by atoms with E-state index in [1.165, 1.54) is 0 Å². The highest BCUT2D eigenvalue weighted by Gasteiger charge is 2.25. The Bertz CT molecular complexity index is 465. The van der Waals surface area contributed by atoms with Gasteiger partial charge in [0.05, 0.1) is 6.61 Å². The number of carbonyl (C=O) groups is 2. The molecule has 0 aromatic heterocycles. The number of hydrogen-bond donors (Lipinski definition) is 2. The van der Waals surface area contributed by atoms with Gasteiger partial charge in [0.25, 0.3) is 0 Å². The van der Waals surface area contributed by atoms with Crippen LogP contribution in [0.2, 0.25) is 0 Å². The van der Waals surface area contributed by atoms with Crippen molar-refractivity contribution in [3.05, 3.63) is 35.4 Å². The van der Waals surface area contributed by atoms with Gasteiger partial charge in [-0.1, -0.05) is 24.3 Å². The molecule has 0 amide bonds. The van der Waals surface area contributed by atoms with E-state index in [0.717, 1.165) is 37.8 Å². The average molecular weight is 309 g/mol. The summed E-state index contributed by atoms with van der Waals surface area (Å²) in [7, 11) is 2.05. The molecule has 0 aliphatic carbocycles. The maximum Gasteiger partial charge on any atom is 0.167 e. The van der Waals surface area contributed by atoms with Crippen LogP contribution in [0.15, 0.2) is 24.3 Å². The van der Waals surface area contributed by atoms with Crippen molar-refractivity contribution in [1.29, 1.82) is 0 Å². The van der Waals surface area contributed by atoms with Gasteiger partial charge in [0.15, 0.2) is 5.78 Å². The van der Waals surface area contributed by atoms with Gasteiger partial charge >= 0.3 is 0 Å². The van der Waals surface area contributed by atoms with Crippen molar-refractivity contribution in [1.82, 2.24) is 4.90 Å². The Labute approximate surface area is 131 Å². The molecule has 0 radical (unpaired) electrons. The molecule has 4 nitrogen and oxygen atoms in total. The minimum absolute atomic E-state index is 0.0650. The highest BCUT2D eigenvalue weighted by molar-refractivity contribution is 7.80. The maximum absolute atomic E-state index is 12.4. The molecular formula is C16H23NO3S. The van der Waals surface area contributed by atoms with Crippen molar-refractivity contribution in [3.63, 3.8) is 0 Å². The van der Waals surface area contributed by atoms with Gasteiger partial charge in [-0.05, 0) is 32.0 Å². The molecule has 1 aromatic rings. The third kappa shape index (κ3) is 5.61. The first-order chi connectivity index (χ1) is 10.1. The average Bonchev–Trinajstić information content (AvgIpc) is 2.54. The lowest BCUT2D eigenvalue weighted by atomic mass is 9.88. The first-order valence-corrected chi connectivity index (χ1v) is 7.73. The zero-order chi connectivity index (χ0) is 15.7. The summed E-state index contributed by atoms with van der Waals surface area (Å²) in [6.07, 6.45) is 2.78. The molecule has 1 heterocycles. The number of piperidine rings is 1. The zero-order valence-electron chi connectivity index (χ0n) is 12.4. The molecule has 1 unspecified atom stereocenters. The lowest BCUT2D eigenvalue weighted by molar-refractivity contribution is -0.105. The number of carbonyl (C=O) groups excluding carboxylic acids is 2. The third-order valence-electron chi connectivity index (χ3n) is 3.52. The fourth-order valence-corrected chi connectivity index (χ4v) is 2.50. The molecule has 1 N–H and O–H groups in total. The molecule has 1 aliphatic rings. The number of benzene rings is 1. The van der Waals surface area contributed by atoms with E-state index in [1.54, 1.807) is 0 Å². The SMILES string of the molecule is CN1CCCC(C(=O)c2ccccc2CO)C1.O=CCS. The molecule has 2 rings (SSSR count). The number of Topliss-reactive ketones (excluding diaryl/α,β-unsaturated/α-hetero) is 1. The Morgan fingerprint density at radius 3 is 2.71 bits per heavy atom. The Kier molecular flexibility index (Phi) is 8.27. The van der Waals surface area contributed by atoms with Crippen LogP contribution in [0.4, 0.5) is 0 Å². The molecule has 1 aliphatic heterocycles. The fourth-order valence-electron chi connectivity index (χ4n) is 2.50. The van der Waals surface area contributed by atoms with Crippen molar-refractivity contribution in [3.8, 4) is 0 Å². The first-order valence-electron chi connectivity index (χ1n) is 7.10. The Morgan fingerprint density at radius 2 is 2.14 bits per heavy atom. The van der Waals surface area contributed by atoms with Crippen LogP contribution in [0.1, 0.15) is 28.8 Å². The molecule has 116 valence electrons. The summed E-state index contributed by atoms with van der Waals surface area (Å²) < 4.78 is 0. The van der Waals surface area contributed by atoms with E-state index in [-0.39, 0.29) is 18.3 Å². The van der Waals surface area contributed by atoms with E-state index < -0.39 is 0 Å². The van der Waals surface area contributed by atoms with E-state index in [4.69, 9.17) is 4.79 Å². The predicted molar refractivity (Wildman–Crippen MR) is 86.8 cm³/mol. The second kappa shape index (κ2) is 9.71. The van der Waals surface area contributed by atoms with Gasteiger partial charge in [-0.2, -0.15) is 12.6 Å². The highest BCUT2D eigenvalue weighted by atomic mass is 32.1. The van der Waals surface area contributed by atoms with Crippen LogP contribution >= 0.6 is 12.6 Å². The smallest absolute Gasteiger partial charge is 0.167 e. The summed E-state index contributed by atoms with van der Waals surface area (Å²) in [6.45, 7) is 1.84. The van der Waals surface area contributed by atoms with Gasteiger partial charge in [0.1, 0.15) is 6.29 Å². The van der Waals surface area contributed by atoms with Crippen LogP contribution < -0.4 is 0 Å². The van der Waals surface area contributed by atoms with Gasteiger partial charge in [0.2, 0.25) is 0 Å². The normalized spacial score (nSPS) is 18.5. The number of aliphatic hydroxyl groups excluding tert-OH is 1. The monoisotopic (exact) mass is 309 g/mol. The first kappa shape index (κ1) is 17.9. The molecule has 1 fully saturated rings. The van der Waals surface area contributed by atoms with Crippen LogP contribution in [-0.2, 0) is 11.4 Å². The summed E-state index contributed by atoms with van der Waals surface area (Å²) in [5.41, 5.74) is 1.43. The summed E-state index contributed by atoms with van der Waals surface area (Å²) in [6, 6.07) is 7.36. The number of likely N-dealkylation sites (tertiary alicyclic amines) is 1. The lowest BCUT2D eigenvalue weighted by Crippen LogP contribution is -2.36. The molecule has 5 heteroatoms. The summed E-state index contributed by atoms with van der Waals surface area (Å²) >= 11 is 3.55. The largest absolute Gasteiger partial charge is 0.392 e. The topological polar surface area (TPSA) is 57.6 Å². The van der Waals surface area contributed by atoms with Crippen molar-refractivity contribution >= 4 is 24.7 Å². The minimum atomic E-state index is -0.0650. The quantitative estimate of drug-likeness (QED) is 0.506. The summed E-state index contributed by atoms with van der Waals surface area (Å²) in [5, 5.41) is 9.26. The maximum atomic E-state index is 12.4. The summed E-state index contributed by atoms with van der Waals surface area (Å²) in [4.78, 5) is 23.7. The second-order valence-corrected chi connectivity index (χ2v) is 5.50. The van der Waals surface area contributed by atoms with Crippen LogP contribution in [0, 0.1) is 5.92 Å². The number of aliphatic hydroxyl groups is 1. The molecule has 0 saturated carbocycles. The molecule has 0 spiro atoms. The van der Waals surface area contributed by atoms with Gasteiger partial charge in [-0.25, -0.2) is 0 Å². The van der Waals surface area contributed by atoms with E-state index >= 15 is 0 Å². The van der Waals surface area contributed by atoms with Crippen molar-refractivity contribution in [2.75, 3.05) is 25.9 Å². The number of ketones is 1. The third-order valence-corrected chi connectivity index (χ3v) is 3.67.